The minimum absolute atomic E-state index is 0.227. The Bertz CT molecular complexity index is 907. The summed E-state index contributed by atoms with van der Waals surface area (Å²) in [6.45, 7) is 0.227. The van der Waals surface area contributed by atoms with Crippen molar-refractivity contribution in [3.8, 4) is 11.3 Å². The Balaban J connectivity index is 1.77. The van der Waals surface area contributed by atoms with Gasteiger partial charge in [0.25, 0.3) is 0 Å². The molecule has 0 aliphatic heterocycles. The largest absolute Gasteiger partial charge is 0.391 e. The van der Waals surface area contributed by atoms with Gasteiger partial charge in [-0.25, -0.2) is 0 Å². The predicted octanol–water partition coefficient (Wildman–Crippen LogP) is 5.60. The summed E-state index contributed by atoms with van der Waals surface area (Å²) in [7, 11) is 1.78. The van der Waals surface area contributed by atoms with Crippen LogP contribution in [0.15, 0.2) is 53.7 Å². The first-order valence-electron chi connectivity index (χ1n) is 7.43. The predicted molar refractivity (Wildman–Crippen MR) is 102 cm³/mol. The van der Waals surface area contributed by atoms with E-state index in [1.807, 2.05) is 30.3 Å². The molecule has 1 heterocycles. The summed E-state index contributed by atoms with van der Waals surface area (Å²) >= 11 is 18.3. The van der Waals surface area contributed by atoms with Crippen molar-refractivity contribution in [2.45, 2.75) is 6.61 Å². The van der Waals surface area contributed by atoms with Crippen molar-refractivity contribution in [2.24, 2.45) is 12.2 Å². The maximum Gasteiger partial charge on any atom is 0.143 e. The van der Waals surface area contributed by atoms with Crippen molar-refractivity contribution < 1.29 is 4.84 Å². The van der Waals surface area contributed by atoms with Crippen molar-refractivity contribution in [1.29, 1.82) is 0 Å². The first kappa shape index (κ1) is 17.8. The van der Waals surface area contributed by atoms with Crippen LogP contribution in [0.1, 0.15) is 11.1 Å². The summed E-state index contributed by atoms with van der Waals surface area (Å²) in [6.07, 6.45) is 1.56. The van der Waals surface area contributed by atoms with Crippen LogP contribution in [0.4, 0.5) is 0 Å². The van der Waals surface area contributed by atoms with Crippen LogP contribution in [0.3, 0.4) is 0 Å². The Morgan fingerprint density at radius 1 is 1.12 bits per heavy atom. The van der Waals surface area contributed by atoms with Crippen LogP contribution < -0.4 is 0 Å². The van der Waals surface area contributed by atoms with Crippen LogP contribution in [0.5, 0.6) is 0 Å². The molecule has 0 unspecified atom stereocenters. The van der Waals surface area contributed by atoms with Crippen molar-refractivity contribution in [3.63, 3.8) is 0 Å². The van der Waals surface area contributed by atoms with Gasteiger partial charge in [-0.1, -0.05) is 76.4 Å². The van der Waals surface area contributed by atoms with Gasteiger partial charge in [0.15, 0.2) is 0 Å². The summed E-state index contributed by atoms with van der Waals surface area (Å²) in [5.41, 5.74) is 3.18. The third-order valence-corrected chi connectivity index (χ3v) is 4.59. The van der Waals surface area contributed by atoms with Crippen molar-refractivity contribution in [1.82, 2.24) is 9.78 Å². The molecule has 0 spiro atoms. The molecule has 4 nitrogen and oxygen atoms in total. The fraction of sp³-hybridized carbons (Fsp3) is 0.111. The molecule has 2 aromatic carbocycles. The number of hydrogen-bond acceptors (Lipinski definition) is 3. The van der Waals surface area contributed by atoms with Gasteiger partial charge >= 0.3 is 0 Å². The first-order valence-corrected chi connectivity index (χ1v) is 8.57. The van der Waals surface area contributed by atoms with E-state index >= 15 is 0 Å². The number of oxime groups is 1. The van der Waals surface area contributed by atoms with Gasteiger partial charge in [-0.2, -0.15) is 5.10 Å². The molecule has 0 saturated heterocycles. The van der Waals surface area contributed by atoms with E-state index in [-0.39, 0.29) is 6.61 Å². The van der Waals surface area contributed by atoms with Crippen LogP contribution in [-0.2, 0) is 18.5 Å². The maximum atomic E-state index is 6.32. The molecular formula is C18H14Cl3N3O. The summed E-state index contributed by atoms with van der Waals surface area (Å²) in [5, 5.41) is 10.0. The second-order valence-corrected chi connectivity index (χ2v) is 6.49. The number of aromatic nitrogens is 2. The maximum absolute atomic E-state index is 6.32. The zero-order valence-electron chi connectivity index (χ0n) is 13.3. The second kappa shape index (κ2) is 7.91. The summed E-state index contributed by atoms with van der Waals surface area (Å²) in [4.78, 5) is 5.35. The Morgan fingerprint density at radius 2 is 1.88 bits per heavy atom. The molecule has 25 heavy (non-hydrogen) atoms. The lowest BCUT2D eigenvalue weighted by atomic mass is 10.1. The zero-order valence-corrected chi connectivity index (χ0v) is 15.6. The van der Waals surface area contributed by atoms with Gasteiger partial charge in [0, 0.05) is 28.2 Å². The van der Waals surface area contributed by atoms with E-state index in [2.05, 4.69) is 10.3 Å². The van der Waals surface area contributed by atoms with Gasteiger partial charge in [0.2, 0.25) is 0 Å². The Hall–Kier alpha value is -2.01. The number of benzene rings is 2. The van der Waals surface area contributed by atoms with Gasteiger partial charge in [-0.3, -0.25) is 4.68 Å². The number of nitrogens with zero attached hydrogens (tertiary/aromatic N) is 3. The van der Waals surface area contributed by atoms with Crippen molar-refractivity contribution in [3.05, 3.63) is 74.9 Å². The van der Waals surface area contributed by atoms with Crippen molar-refractivity contribution >= 4 is 41.0 Å². The minimum atomic E-state index is 0.227. The molecule has 0 amide bonds. The standard InChI is InChI=1S/C18H14Cl3N3O/c1-24-18(21)15(17(23-24)12-5-3-2-4-6-12)10-22-25-11-13-7-8-14(19)9-16(13)20/h2-10H,11H2,1H3. The zero-order chi connectivity index (χ0) is 17.8. The fourth-order valence-electron chi connectivity index (χ4n) is 2.28. The Morgan fingerprint density at radius 3 is 2.60 bits per heavy atom. The normalized spacial score (nSPS) is 11.2. The third kappa shape index (κ3) is 4.15. The molecule has 1 aromatic heterocycles. The quantitative estimate of drug-likeness (QED) is 0.417. The van der Waals surface area contributed by atoms with Crippen LogP contribution in [0, 0.1) is 0 Å². The SMILES string of the molecule is Cn1nc(-c2ccccc2)c(C=NOCc2ccc(Cl)cc2Cl)c1Cl. The molecule has 7 heteroatoms. The first-order chi connectivity index (χ1) is 12.1. The highest BCUT2D eigenvalue weighted by Crippen LogP contribution is 2.27. The number of aryl methyl sites for hydroxylation is 1. The molecular weight excluding hydrogens is 381 g/mol. The lowest BCUT2D eigenvalue weighted by molar-refractivity contribution is 0.132. The lowest BCUT2D eigenvalue weighted by Crippen LogP contribution is -1.91. The number of rotatable bonds is 5. The average Bonchev–Trinajstić information content (AvgIpc) is 2.89. The fourth-order valence-corrected chi connectivity index (χ4v) is 2.92. The summed E-state index contributed by atoms with van der Waals surface area (Å²) in [5.74, 6) is 0. The summed E-state index contributed by atoms with van der Waals surface area (Å²) < 4.78 is 1.60. The molecule has 3 aromatic rings. The van der Waals surface area contributed by atoms with Crippen molar-refractivity contribution in [2.75, 3.05) is 0 Å². The third-order valence-electron chi connectivity index (χ3n) is 3.55. The molecule has 0 radical (unpaired) electrons. The highest BCUT2D eigenvalue weighted by molar-refractivity contribution is 6.35. The Kier molecular flexibility index (Phi) is 5.63. The lowest BCUT2D eigenvalue weighted by Gasteiger charge is -2.03. The van der Waals surface area contributed by atoms with E-state index in [9.17, 15) is 0 Å². The van der Waals surface area contributed by atoms with Crippen LogP contribution in [-0.4, -0.2) is 16.0 Å². The van der Waals surface area contributed by atoms with Gasteiger partial charge < -0.3 is 4.84 Å². The smallest absolute Gasteiger partial charge is 0.143 e. The molecule has 0 aliphatic rings. The van der Waals surface area contributed by atoms with Crippen LogP contribution >= 0.6 is 34.8 Å². The molecule has 0 saturated carbocycles. The minimum Gasteiger partial charge on any atom is -0.391 e. The van der Waals surface area contributed by atoms with E-state index in [1.54, 1.807) is 36.1 Å². The molecule has 0 fully saturated rings. The molecule has 128 valence electrons. The van der Waals surface area contributed by atoms with E-state index < -0.39 is 0 Å². The van der Waals surface area contributed by atoms with E-state index in [4.69, 9.17) is 39.6 Å². The summed E-state index contributed by atoms with van der Waals surface area (Å²) in [6, 6.07) is 15.0. The molecule has 3 rings (SSSR count). The van der Waals surface area contributed by atoms with E-state index in [1.165, 1.54) is 0 Å². The van der Waals surface area contributed by atoms with E-state index in [0.717, 1.165) is 16.8 Å². The van der Waals surface area contributed by atoms with Gasteiger partial charge in [0.05, 0.1) is 11.8 Å². The van der Waals surface area contributed by atoms with Gasteiger partial charge in [0.1, 0.15) is 17.5 Å². The Labute approximate surface area is 160 Å². The van der Waals surface area contributed by atoms with E-state index in [0.29, 0.717) is 20.8 Å². The number of hydrogen-bond donors (Lipinski definition) is 0. The molecule has 0 aliphatic carbocycles. The second-order valence-electron chi connectivity index (χ2n) is 5.29. The molecule has 0 atom stereocenters. The van der Waals surface area contributed by atoms with Gasteiger partial charge in [-0.05, 0) is 12.1 Å². The topological polar surface area (TPSA) is 39.4 Å². The monoisotopic (exact) mass is 393 g/mol. The highest BCUT2D eigenvalue weighted by atomic mass is 35.5. The van der Waals surface area contributed by atoms with Gasteiger partial charge in [-0.15, -0.1) is 0 Å². The number of halogens is 3. The van der Waals surface area contributed by atoms with Crippen LogP contribution in [0.2, 0.25) is 15.2 Å². The highest BCUT2D eigenvalue weighted by Gasteiger charge is 2.14. The average molecular weight is 395 g/mol. The molecule has 0 N–H and O–H groups in total. The molecule has 0 bridgehead atoms. The van der Waals surface area contributed by atoms with Crippen LogP contribution in [0.25, 0.3) is 11.3 Å².